The monoisotopic (exact) mass is 301 g/mol. The van der Waals surface area contributed by atoms with Crippen molar-refractivity contribution in [2.24, 2.45) is 0 Å². The lowest BCUT2D eigenvalue weighted by atomic mass is 10.1. The molecular formula is C17H23N3O2. The van der Waals surface area contributed by atoms with Gasteiger partial charge in [0, 0.05) is 32.6 Å². The van der Waals surface area contributed by atoms with Gasteiger partial charge in [-0.15, -0.1) is 0 Å². The highest BCUT2D eigenvalue weighted by Gasteiger charge is 2.26. The van der Waals surface area contributed by atoms with Crippen LogP contribution in [0.5, 0.6) is 5.75 Å². The summed E-state index contributed by atoms with van der Waals surface area (Å²) < 4.78 is 5.43. The van der Waals surface area contributed by atoms with Gasteiger partial charge in [0.25, 0.3) is 0 Å². The van der Waals surface area contributed by atoms with E-state index < -0.39 is 0 Å². The van der Waals surface area contributed by atoms with Gasteiger partial charge in [-0.2, -0.15) is 5.26 Å². The summed E-state index contributed by atoms with van der Waals surface area (Å²) in [5, 5.41) is 9.52. The summed E-state index contributed by atoms with van der Waals surface area (Å²) in [5.41, 5.74) is 0.973. The third-order valence-corrected chi connectivity index (χ3v) is 3.96. The van der Waals surface area contributed by atoms with Crippen molar-refractivity contribution in [1.82, 2.24) is 9.80 Å². The largest absolute Gasteiger partial charge is 0.494 e. The molecular weight excluding hydrogens is 278 g/mol. The molecule has 1 atom stereocenters. The van der Waals surface area contributed by atoms with Gasteiger partial charge in [-0.1, -0.05) is 19.1 Å². The lowest BCUT2D eigenvalue weighted by Gasteiger charge is -2.37. The molecule has 5 heteroatoms. The molecule has 0 radical (unpaired) electrons. The molecule has 2 rings (SSSR count). The molecule has 0 bridgehead atoms. The maximum Gasteiger partial charge on any atom is 0.222 e. The number of benzene rings is 1. The van der Waals surface area contributed by atoms with Gasteiger partial charge in [0.2, 0.25) is 5.91 Å². The van der Waals surface area contributed by atoms with Crippen molar-refractivity contribution < 1.29 is 9.53 Å². The molecule has 1 aliphatic rings. The van der Waals surface area contributed by atoms with E-state index in [-0.39, 0.29) is 11.9 Å². The first-order valence-electron chi connectivity index (χ1n) is 7.83. The van der Waals surface area contributed by atoms with Crippen molar-refractivity contribution in [3.8, 4) is 11.8 Å². The second kappa shape index (κ2) is 7.81. The number of hydrogen-bond acceptors (Lipinski definition) is 4. The zero-order chi connectivity index (χ0) is 15.9. The second-order valence-electron chi connectivity index (χ2n) is 5.30. The number of carbonyl (C=O) groups is 1. The first kappa shape index (κ1) is 16.3. The number of piperazine rings is 1. The Morgan fingerprint density at radius 1 is 1.23 bits per heavy atom. The standard InChI is InChI=1S/C17H23N3O2/c1-3-17(21)20-11-9-19(10-12-20)16(13-18)14-5-7-15(8-6-14)22-4-2/h5-8,16H,3-4,9-12H2,1-2H3. The minimum atomic E-state index is -0.269. The molecule has 118 valence electrons. The van der Waals surface area contributed by atoms with Crippen LogP contribution in [-0.2, 0) is 4.79 Å². The predicted molar refractivity (Wildman–Crippen MR) is 84.4 cm³/mol. The molecule has 0 N–H and O–H groups in total. The quantitative estimate of drug-likeness (QED) is 0.836. The zero-order valence-corrected chi connectivity index (χ0v) is 13.3. The van der Waals surface area contributed by atoms with E-state index in [0.717, 1.165) is 24.4 Å². The Labute approximate surface area is 132 Å². The van der Waals surface area contributed by atoms with E-state index in [2.05, 4.69) is 11.0 Å². The van der Waals surface area contributed by atoms with E-state index in [1.807, 2.05) is 43.0 Å². The summed E-state index contributed by atoms with van der Waals surface area (Å²) in [4.78, 5) is 15.7. The molecule has 0 saturated carbocycles. The molecule has 1 heterocycles. The molecule has 1 aliphatic heterocycles. The van der Waals surface area contributed by atoms with E-state index in [1.165, 1.54) is 0 Å². The SMILES string of the molecule is CCOc1ccc(C(C#N)N2CCN(C(=O)CC)CC2)cc1. The van der Waals surface area contributed by atoms with Crippen LogP contribution in [0.3, 0.4) is 0 Å². The highest BCUT2D eigenvalue weighted by atomic mass is 16.5. The van der Waals surface area contributed by atoms with Crippen LogP contribution in [0.25, 0.3) is 0 Å². The fourth-order valence-electron chi connectivity index (χ4n) is 2.73. The predicted octanol–water partition coefficient (Wildman–Crippen LogP) is 2.20. The lowest BCUT2D eigenvalue weighted by Crippen LogP contribution is -2.49. The number of hydrogen-bond donors (Lipinski definition) is 0. The Hall–Kier alpha value is -2.06. The summed E-state index contributed by atoms with van der Waals surface area (Å²) in [6, 6.07) is 9.81. The van der Waals surface area contributed by atoms with Crippen molar-refractivity contribution in [3.63, 3.8) is 0 Å². The van der Waals surface area contributed by atoms with Crippen LogP contribution < -0.4 is 4.74 Å². The highest BCUT2D eigenvalue weighted by molar-refractivity contribution is 5.75. The van der Waals surface area contributed by atoms with Crippen molar-refractivity contribution in [3.05, 3.63) is 29.8 Å². The molecule has 5 nitrogen and oxygen atoms in total. The Balaban J connectivity index is 2.01. The first-order valence-corrected chi connectivity index (χ1v) is 7.83. The molecule has 22 heavy (non-hydrogen) atoms. The maximum atomic E-state index is 11.7. The van der Waals surface area contributed by atoms with Gasteiger partial charge >= 0.3 is 0 Å². The fraction of sp³-hybridized carbons (Fsp3) is 0.529. The smallest absolute Gasteiger partial charge is 0.222 e. The van der Waals surface area contributed by atoms with Gasteiger partial charge in [-0.25, -0.2) is 0 Å². The van der Waals surface area contributed by atoms with Crippen LogP contribution in [0.1, 0.15) is 31.9 Å². The highest BCUT2D eigenvalue weighted by Crippen LogP contribution is 2.24. The zero-order valence-electron chi connectivity index (χ0n) is 13.3. The number of nitriles is 1. The fourth-order valence-corrected chi connectivity index (χ4v) is 2.73. The third kappa shape index (κ3) is 3.77. The van der Waals surface area contributed by atoms with E-state index in [9.17, 15) is 10.1 Å². The second-order valence-corrected chi connectivity index (χ2v) is 5.30. The maximum absolute atomic E-state index is 11.7. The van der Waals surface area contributed by atoms with Crippen molar-refractivity contribution >= 4 is 5.91 Å². The van der Waals surface area contributed by atoms with Crippen molar-refractivity contribution in [1.29, 1.82) is 5.26 Å². The Morgan fingerprint density at radius 3 is 2.36 bits per heavy atom. The average molecular weight is 301 g/mol. The third-order valence-electron chi connectivity index (χ3n) is 3.96. The Kier molecular flexibility index (Phi) is 5.79. The Morgan fingerprint density at radius 2 is 1.86 bits per heavy atom. The van der Waals surface area contributed by atoms with Crippen LogP contribution in [0, 0.1) is 11.3 Å². The van der Waals surface area contributed by atoms with Gasteiger partial charge in [-0.05, 0) is 24.6 Å². The van der Waals surface area contributed by atoms with E-state index >= 15 is 0 Å². The molecule has 0 spiro atoms. The molecule has 1 aromatic rings. The first-order chi connectivity index (χ1) is 10.7. The number of rotatable bonds is 5. The topological polar surface area (TPSA) is 56.6 Å². The summed E-state index contributed by atoms with van der Waals surface area (Å²) >= 11 is 0. The Bertz CT molecular complexity index is 528. The van der Waals surface area contributed by atoms with Gasteiger partial charge in [-0.3, -0.25) is 9.69 Å². The minimum Gasteiger partial charge on any atom is -0.494 e. The van der Waals surface area contributed by atoms with E-state index in [4.69, 9.17) is 4.74 Å². The van der Waals surface area contributed by atoms with Crippen molar-refractivity contribution in [2.45, 2.75) is 26.3 Å². The van der Waals surface area contributed by atoms with Gasteiger partial charge in [0.05, 0.1) is 12.7 Å². The van der Waals surface area contributed by atoms with E-state index in [0.29, 0.717) is 26.1 Å². The number of nitrogens with zero attached hydrogens (tertiary/aromatic N) is 3. The van der Waals surface area contributed by atoms with Crippen LogP contribution in [0.4, 0.5) is 0 Å². The summed E-state index contributed by atoms with van der Waals surface area (Å²) in [7, 11) is 0. The normalized spacial score (nSPS) is 16.9. The summed E-state index contributed by atoms with van der Waals surface area (Å²) in [5.74, 6) is 1.01. The van der Waals surface area contributed by atoms with E-state index in [1.54, 1.807) is 0 Å². The molecule has 0 aromatic heterocycles. The summed E-state index contributed by atoms with van der Waals surface area (Å²) in [6.07, 6.45) is 0.542. The number of ether oxygens (including phenoxy) is 1. The number of amides is 1. The van der Waals surface area contributed by atoms with Gasteiger partial charge in [0.1, 0.15) is 11.8 Å². The minimum absolute atomic E-state index is 0.189. The molecule has 0 aliphatic carbocycles. The average Bonchev–Trinajstić information content (AvgIpc) is 2.57. The number of carbonyl (C=O) groups excluding carboxylic acids is 1. The van der Waals surface area contributed by atoms with Gasteiger partial charge in [0.15, 0.2) is 0 Å². The van der Waals surface area contributed by atoms with Crippen LogP contribution in [0.15, 0.2) is 24.3 Å². The van der Waals surface area contributed by atoms with Crippen LogP contribution in [0.2, 0.25) is 0 Å². The van der Waals surface area contributed by atoms with Crippen LogP contribution in [-0.4, -0.2) is 48.5 Å². The van der Waals surface area contributed by atoms with Gasteiger partial charge < -0.3 is 9.64 Å². The summed E-state index contributed by atoms with van der Waals surface area (Å²) in [6.45, 7) is 7.32. The van der Waals surface area contributed by atoms with Crippen molar-refractivity contribution in [2.75, 3.05) is 32.8 Å². The lowest BCUT2D eigenvalue weighted by molar-refractivity contribution is -0.132. The molecule has 1 saturated heterocycles. The molecule has 1 aromatic carbocycles. The molecule has 1 fully saturated rings. The molecule has 1 amide bonds. The molecule has 1 unspecified atom stereocenters. The van der Waals surface area contributed by atoms with Crippen LogP contribution >= 0.6 is 0 Å².